The van der Waals surface area contributed by atoms with Gasteiger partial charge in [-0.25, -0.2) is 14.8 Å². The van der Waals surface area contributed by atoms with Crippen molar-refractivity contribution in [3.05, 3.63) is 77.2 Å². The van der Waals surface area contributed by atoms with E-state index >= 15 is 0 Å². The van der Waals surface area contributed by atoms with Crippen molar-refractivity contribution in [1.82, 2.24) is 9.97 Å². The van der Waals surface area contributed by atoms with Crippen LogP contribution in [0.3, 0.4) is 0 Å². The lowest BCUT2D eigenvalue weighted by Gasteiger charge is -2.07. The minimum atomic E-state index is -0.405. The Morgan fingerprint density at radius 2 is 1.59 bits per heavy atom. The second-order valence-corrected chi connectivity index (χ2v) is 5.88. The van der Waals surface area contributed by atoms with Crippen molar-refractivity contribution in [2.45, 2.75) is 0 Å². The van der Waals surface area contributed by atoms with E-state index in [0.717, 1.165) is 5.69 Å². The molecule has 0 aliphatic carbocycles. The molecule has 1 heterocycles. The molecule has 136 valence electrons. The van der Waals surface area contributed by atoms with Gasteiger partial charge in [0.25, 0.3) is 5.91 Å². The Labute approximate surface area is 160 Å². The first-order valence-corrected chi connectivity index (χ1v) is 8.27. The third kappa shape index (κ3) is 4.80. The number of aromatic nitrogens is 2. The minimum absolute atomic E-state index is 0.177. The van der Waals surface area contributed by atoms with Gasteiger partial charge < -0.3 is 15.4 Å². The zero-order valence-corrected chi connectivity index (χ0v) is 15.0. The van der Waals surface area contributed by atoms with Crippen LogP contribution in [-0.2, 0) is 4.74 Å². The van der Waals surface area contributed by atoms with Crippen LogP contribution >= 0.6 is 11.6 Å². The van der Waals surface area contributed by atoms with Crippen molar-refractivity contribution in [3.8, 4) is 0 Å². The fourth-order valence-corrected chi connectivity index (χ4v) is 2.32. The SMILES string of the molecule is COC(=O)c1ccc(Nc2cnc(C(=O)Nc3ccc(Cl)cc3)cn2)cc1. The molecule has 1 amide bonds. The van der Waals surface area contributed by atoms with Gasteiger partial charge in [-0.15, -0.1) is 0 Å². The van der Waals surface area contributed by atoms with E-state index in [9.17, 15) is 9.59 Å². The van der Waals surface area contributed by atoms with E-state index in [-0.39, 0.29) is 11.6 Å². The Bertz CT molecular complexity index is 942. The molecule has 0 atom stereocenters. The van der Waals surface area contributed by atoms with Crippen LogP contribution in [0.1, 0.15) is 20.8 Å². The normalized spacial score (nSPS) is 10.1. The largest absolute Gasteiger partial charge is 0.465 e. The summed E-state index contributed by atoms with van der Waals surface area (Å²) in [6.45, 7) is 0. The van der Waals surface area contributed by atoms with Crippen LogP contribution in [0.4, 0.5) is 17.2 Å². The number of esters is 1. The summed E-state index contributed by atoms with van der Waals surface area (Å²) in [6, 6.07) is 13.5. The van der Waals surface area contributed by atoms with Gasteiger partial charge in [0, 0.05) is 16.4 Å². The van der Waals surface area contributed by atoms with E-state index in [4.69, 9.17) is 11.6 Å². The molecule has 7 nitrogen and oxygen atoms in total. The van der Waals surface area contributed by atoms with Gasteiger partial charge in [-0.2, -0.15) is 0 Å². The summed E-state index contributed by atoms with van der Waals surface area (Å²) >= 11 is 5.82. The molecule has 8 heteroatoms. The molecule has 0 bridgehead atoms. The predicted octanol–water partition coefficient (Wildman–Crippen LogP) is 3.91. The fraction of sp³-hybridized carbons (Fsp3) is 0.0526. The summed E-state index contributed by atoms with van der Waals surface area (Å²) in [7, 11) is 1.33. The van der Waals surface area contributed by atoms with Crippen molar-refractivity contribution in [3.63, 3.8) is 0 Å². The summed E-state index contributed by atoms with van der Waals surface area (Å²) in [5.41, 5.74) is 1.95. The Kier molecular flexibility index (Phi) is 5.63. The summed E-state index contributed by atoms with van der Waals surface area (Å²) in [5, 5.41) is 6.34. The van der Waals surface area contributed by atoms with Gasteiger partial charge in [0.2, 0.25) is 0 Å². The lowest BCUT2D eigenvalue weighted by atomic mass is 10.2. The van der Waals surface area contributed by atoms with Crippen molar-refractivity contribution in [2.75, 3.05) is 17.7 Å². The average molecular weight is 383 g/mol. The van der Waals surface area contributed by atoms with Crippen molar-refractivity contribution in [1.29, 1.82) is 0 Å². The first-order valence-electron chi connectivity index (χ1n) is 7.89. The van der Waals surface area contributed by atoms with Crippen molar-refractivity contribution >= 4 is 40.7 Å². The van der Waals surface area contributed by atoms with Gasteiger partial charge in [-0.1, -0.05) is 11.6 Å². The molecule has 0 saturated carbocycles. The number of halogens is 1. The fourth-order valence-electron chi connectivity index (χ4n) is 2.19. The second-order valence-electron chi connectivity index (χ2n) is 5.44. The highest BCUT2D eigenvalue weighted by atomic mass is 35.5. The van der Waals surface area contributed by atoms with E-state index in [1.165, 1.54) is 19.5 Å². The Hall–Kier alpha value is -3.45. The van der Waals surface area contributed by atoms with Crippen LogP contribution in [0.2, 0.25) is 5.02 Å². The monoisotopic (exact) mass is 382 g/mol. The first kappa shape index (κ1) is 18.3. The number of rotatable bonds is 5. The number of hydrogen-bond donors (Lipinski definition) is 2. The zero-order valence-electron chi connectivity index (χ0n) is 14.3. The summed E-state index contributed by atoms with van der Waals surface area (Å²) in [4.78, 5) is 31.9. The molecule has 0 fully saturated rings. The number of hydrogen-bond acceptors (Lipinski definition) is 6. The number of benzene rings is 2. The molecule has 0 radical (unpaired) electrons. The number of methoxy groups -OCH3 is 1. The number of nitrogens with one attached hydrogen (secondary N) is 2. The molecule has 3 rings (SSSR count). The van der Waals surface area contributed by atoms with E-state index < -0.39 is 5.97 Å². The predicted molar refractivity (Wildman–Crippen MR) is 103 cm³/mol. The third-order valence-electron chi connectivity index (χ3n) is 3.56. The number of amides is 1. The smallest absolute Gasteiger partial charge is 0.337 e. The van der Waals surface area contributed by atoms with Crippen LogP contribution < -0.4 is 10.6 Å². The highest BCUT2D eigenvalue weighted by Crippen LogP contribution is 2.16. The van der Waals surface area contributed by atoms with Gasteiger partial charge in [0.1, 0.15) is 11.5 Å². The topological polar surface area (TPSA) is 93.2 Å². The zero-order chi connectivity index (χ0) is 19.2. The number of anilines is 3. The summed E-state index contributed by atoms with van der Waals surface area (Å²) in [5.74, 6) is -0.319. The molecule has 3 aromatic rings. The molecule has 0 aliphatic rings. The van der Waals surface area contributed by atoms with E-state index in [1.807, 2.05) is 0 Å². The van der Waals surface area contributed by atoms with E-state index in [0.29, 0.717) is 22.1 Å². The summed E-state index contributed by atoms with van der Waals surface area (Å²) in [6.07, 6.45) is 2.82. The average Bonchev–Trinajstić information content (AvgIpc) is 2.70. The van der Waals surface area contributed by atoms with Gasteiger partial charge in [-0.05, 0) is 48.5 Å². The standard InChI is InChI=1S/C19H15ClN4O3/c1-27-19(26)12-2-6-14(7-3-12)23-17-11-21-16(10-22-17)18(25)24-15-8-4-13(20)5-9-15/h2-11H,1H3,(H,22,23)(H,24,25). The van der Waals surface area contributed by atoms with Crippen molar-refractivity contribution in [2.24, 2.45) is 0 Å². The number of carbonyl (C=O) groups is 2. The maximum Gasteiger partial charge on any atom is 0.337 e. The van der Waals surface area contributed by atoms with Crippen LogP contribution in [0.25, 0.3) is 0 Å². The molecule has 0 unspecified atom stereocenters. The number of nitrogens with zero attached hydrogens (tertiary/aromatic N) is 2. The van der Waals surface area contributed by atoms with Gasteiger partial charge in [0.05, 0.1) is 25.1 Å². The van der Waals surface area contributed by atoms with Gasteiger partial charge in [0.15, 0.2) is 0 Å². The second kappa shape index (κ2) is 8.29. The Balaban J connectivity index is 1.63. The molecule has 0 saturated heterocycles. The number of carbonyl (C=O) groups excluding carboxylic acids is 2. The highest BCUT2D eigenvalue weighted by Gasteiger charge is 2.09. The Morgan fingerprint density at radius 3 is 2.19 bits per heavy atom. The van der Waals surface area contributed by atoms with Gasteiger partial charge in [-0.3, -0.25) is 4.79 Å². The first-order chi connectivity index (χ1) is 13.0. The lowest BCUT2D eigenvalue weighted by molar-refractivity contribution is 0.0600. The molecule has 2 aromatic carbocycles. The molecule has 2 N–H and O–H groups in total. The number of ether oxygens (including phenoxy) is 1. The summed E-state index contributed by atoms with van der Waals surface area (Å²) < 4.78 is 4.65. The van der Waals surface area contributed by atoms with Crippen LogP contribution in [0, 0.1) is 0 Å². The van der Waals surface area contributed by atoms with Crippen LogP contribution in [0.15, 0.2) is 60.9 Å². The minimum Gasteiger partial charge on any atom is -0.465 e. The molecular formula is C19H15ClN4O3. The van der Waals surface area contributed by atoms with Gasteiger partial charge >= 0.3 is 5.97 Å². The molecule has 27 heavy (non-hydrogen) atoms. The molecule has 0 aliphatic heterocycles. The maximum atomic E-state index is 12.2. The molecular weight excluding hydrogens is 368 g/mol. The molecule has 0 spiro atoms. The quantitative estimate of drug-likeness (QED) is 0.650. The van der Waals surface area contributed by atoms with Crippen molar-refractivity contribution < 1.29 is 14.3 Å². The highest BCUT2D eigenvalue weighted by molar-refractivity contribution is 6.30. The maximum absolute atomic E-state index is 12.2. The third-order valence-corrected chi connectivity index (χ3v) is 3.82. The van der Waals surface area contributed by atoms with E-state index in [1.54, 1.807) is 48.5 Å². The lowest BCUT2D eigenvalue weighted by Crippen LogP contribution is -2.14. The van der Waals surface area contributed by atoms with E-state index in [2.05, 4.69) is 25.3 Å². The van der Waals surface area contributed by atoms with Crippen LogP contribution in [-0.4, -0.2) is 29.0 Å². The molecule has 1 aromatic heterocycles. The Morgan fingerprint density at radius 1 is 0.926 bits per heavy atom. The van der Waals surface area contributed by atoms with Crippen LogP contribution in [0.5, 0.6) is 0 Å².